The molecule has 0 aromatic carbocycles. The number of carbonyl (C=O) groups excluding carboxylic acids is 1. The Morgan fingerprint density at radius 3 is 2.29 bits per heavy atom. The van der Waals surface area contributed by atoms with Gasteiger partial charge in [-0.3, -0.25) is 14.5 Å². The van der Waals surface area contributed by atoms with Crippen LogP contribution in [0.3, 0.4) is 0 Å². The second kappa shape index (κ2) is 5.04. The first-order valence-corrected chi connectivity index (χ1v) is 6.35. The molecule has 1 atom stereocenters. The van der Waals surface area contributed by atoms with Crippen molar-refractivity contribution in [3.8, 4) is 0 Å². The number of carboxylic acids is 1. The average Bonchev–Trinajstić information content (AvgIpc) is 2.26. The van der Waals surface area contributed by atoms with Crippen molar-refractivity contribution >= 4 is 11.9 Å². The van der Waals surface area contributed by atoms with Gasteiger partial charge in [-0.15, -0.1) is 0 Å². The van der Waals surface area contributed by atoms with Crippen LogP contribution in [0.4, 0.5) is 0 Å². The molecule has 0 bridgehead atoms. The lowest BCUT2D eigenvalue weighted by molar-refractivity contribution is -0.153. The normalized spacial score (nSPS) is 24.2. The summed E-state index contributed by atoms with van der Waals surface area (Å²) in [7, 11) is 0. The largest absolute Gasteiger partial charge is 0.481 e. The van der Waals surface area contributed by atoms with E-state index in [4.69, 9.17) is 5.11 Å². The van der Waals surface area contributed by atoms with E-state index in [0.717, 1.165) is 25.9 Å². The molecule has 2 heterocycles. The van der Waals surface area contributed by atoms with Crippen molar-refractivity contribution < 1.29 is 14.7 Å². The zero-order chi connectivity index (χ0) is 12.4. The maximum Gasteiger partial charge on any atom is 0.309 e. The highest BCUT2D eigenvalue weighted by Gasteiger charge is 2.38. The number of hydrogen-bond acceptors (Lipinski definition) is 3. The molecule has 0 aliphatic carbocycles. The second-order valence-corrected chi connectivity index (χ2v) is 5.05. The number of aliphatic carboxylic acids is 1. The predicted molar refractivity (Wildman–Crippen MR) is 62.6 cm³/mol. The molecular weight excluding hydrogens is 220 g/mol. The van der Waals surface area contributed by atoms with Gasteiger partial charge >= 0.3 is 5.97 Å². The van der Waals surface area contributed by atoms with Gasteiger partial charge in [0, 0.05) is 26.2 Å². The summed E-state index contributed by atoms with van der Waals surface area (Å²) in [4.78, 5) is 26.7. The van der Waals surface area contributed by atoms with E-state index in [2.05, 4.69) is 0 Å². The van der Waals surface area contributed by atoms with Crippen molar-refractivity contribution in [3.05, 3.63) is 0 Å². The first kappa shape index (κ1) is 12.4. The smallest absolute Gasteiger partial charge is 0.309 e. The van der Waals surface area contributed by atoms with E-state index in [-0.39, 0.29) is 17.9 Å². The molecule has 2 aliphatic heterocycles. The van der Waals surface area contributed by atoms with Gasteiger partial charge in [0.05, 0.1) is 12.0 Å². The number of rotatable bonds is 3. The van der Waals surface area contributed by atoms with Gasteiger partial charge in [0.25, 0.3) is 0 Å². The monoisotopic (exact) mass is 240 g/mol. The van der Waals surface area contributed by atoms with Crippen molar-refractivity contribution in [3.63, 3.8) is 0 Å². The molecule has 0 radical (unpaired) electrons. The van der Waals surface area contributed by atoms with E-state index in [9.17, 15) is 9.59 Å². The van der Waals surface area contributed by atoms with E-state index in [1.54, 1.807) is 0 Å². The summed E-state index contributed by atoms with van der Waals surface area (Å²) < 4.78 is 0. The van der Waals surface area contributed by atoms with Crippen LogP contribution < -0.4 is 0 Å². The fraction of sp³-hybridized carbons (Fsp3) is 0.833. The third-order valence-corrected chi connectivity index (χ3v) is 3.83. The minimum Gasteiger partial charge on any atom is -0.481 e. The number of amides is 1. The highest BCUT2D eigenvalue weighted by molar-refractivity contribution is 5.82. The highest BCUT2D eigenvalue weighted by Crippen LogP contribution is 2.21. The summed E-state index contributed by atoms with van der Waals surface area (Å²) in [6.45, 7) is 4.62. The summed E-state index contributed by atoms with van der Waals surface area (Å²) in [5.74, 6) is -0.876. The van der Waals surface area contributed by atoms with Gasteiger partial charge in [-0.05, 0) is 26.2 Å². The minimum absolute atomic E-state index is 0.161. The Labute approximate surface area is 101 Å². The molecule has 2 fully saturated rings. The maximum atomic E-state index is 12.1. The van der Waals surface area contributed by atoms with Crippen LogP contribution >= 0.6 is 0 Å². The molecule has 0 aromatic heterocycles. The topological polar surface area (TPSA) is 60.9 Å². The molecule has 2 saturated heterocycles. The van der Waals surface area contributed by atoms with Crippen molar-refractivity contribution in [2.24, 2.45) is 5.92 Å². The summed E-state index contributed by atoms with van der Waals surface area (Å²) in [5.41, 5.74) is 0. The third-order valence-electron chi connectivity index (χ3n) is 3.83. The summed E-state index contributed by atoms with van der Waals surface area (Å²) in [6.07, 6.45) is 3.40. The molecule has 5 nitrogen and oxygen atoms in total. The molecule has 5 heteroatoms. The molecule has 0 spiro atoms. The fourth-order valence-electron chi connectivity index (χ4n) is 2.52. The van der Waals surface area contributed by atoms with E-state index < -0.39 is 5.97 Å². The Hall–Kier alpha value is -1.10. The van der Waals surface area contributed by atoms with Gasteiger partial charge in [-0.25, -0.2) is 0 Å². The minimum atomic E-state index is -0.751. The molecule has 17 heavy (non-hydrogen) atoms. The Bertz CT molecular complexity index is 307. The summed E-state index contributed by atoms with van der Waals surface area (Å²) in [6, 6.07) is -0.163. The molecule has 2 aliphatic rings. The molecule has 1 N–H and O–H groups in total. The number of carbonyl (C=O) groups is 2. The van der Waals surface area contributed by atoms with E-state index in [0.29, 0.717) is 13.1 Å². The first-order chi connectivity index (χ1) is 8.09. The number of likely N-dealkylation sites (tertiary alicyclic amines) is 2. The van der Waals surface area contributed by atoms with E-state index >= 15 is 0 Å². The van der Waals surface area contributed by atoms with Crippen LogP contribution in [0.2, 0.25) is 0 Å². The van der Waals surface area contributed by atoms with Crippen molar-refractivity contribution in [2.75, 3.05) is 26.2 Å². The Balaban J connectivity index is 1.82. The quantitative estimate of drug-likeness (QED) is 0.776. The predicted octanol–water partition coefficient (Wildman–Crippen LogP) is 0.404. The van der Waals surface area contributed by atoms with Crippen LogP contribution in [-0.2, 0) is 9.59 Å². The fourth-order valence-corrected chi connectivity index (χ4v) is 2.52. The van der Waals surface area contributed by atoms with E-state index in [1.807, 2.05) is 16.7 Å². The zero-order valence-corrected chi connectivity index (χ0v) is 10.3. The van der Waals surface area contributed by atoms with Crippen molar-refractivity contribution in [1.82, 2.24) is 9.80 Å². The highest BCUT2D eigenvalue weighted by atomic mass is 16.4. The van der Waals surface area contributed by atoms with Gasteiger partial charge in [0.15, 0.2) is 0 Å². The van der Waals surface area contributed by atoms with Crippen LogP contribution in [0.25, 0.3) is 0 Å². The van der Waals surface area contributed by atoms with Crippen LogP contribution in [-0.4, -0.2) is 59.0 Å². The Morgan fingerprint density at radius 2 is 1.76 bits per heavy atom. The van der Waals surface area contributed by atoms with Gasteiger partial charge in [0.2, 0.25) is 5.91 Å². The number of nitrogens with zero attached hydrogens (tertiary/aromatic N) is 2. The second-order valence-electron chi connectivity index (χ2n) is 5.05. The van der Waals surface area contributed by atoms with Crippen LogP contribution in [0.15, 0.2) is 0 Å². The molecular formula is C12H20N2O3. The molecule has 0 saturated carbocycles. The molecule has 96 valence electrons. The van der Waals surface area contributed by atoms with E-state index in [1.165, 1.54) is 6.42 Å². The summed E-state index contributed by atoms with van der Waals surface area (Å²) >= 11 is 0. The Morgan fingerprint density at radius 1 is 1.18 bits per heavy atom. The lowest BCUT2D eigenvalue weighted by Gasteiger charge is -2.42. The van der Waals surface area contributed by atoms with Gasteiger partial charge in [0.1, 0.15) is 0 Å². The van der Waals surface area contributed by atoms with Crippen LogP contribution in [0, 0.1) is 5.92 Å². The summed E-state index contributed by atoms with van der Waals surface area (Å²) in [5, 5.41) is 8.80. The SMILES string of the molecule is CC(C(=O)N1CCCCC1)N1CC(C(=O)O)C1. The molecule has 2 rings (SSSR count). The van der Waals surface area contributed by atoms with Crippen LogP contribution in [0.5, 0.6) is 0 Å². The maximum absolute atomic E-state index is 12.1. The lowest BCUT2D eigenvalue weighted by atomic mass is 9.97. The number of piperidine rings is 1. The molecule has 1 unspecified atom stereocenters. The first-order valence-electron chi connectivity index (χ1n) is 6.35. The molecule has 0 aromatic rings. The molecule has 1 amide bonds. The van der Waals surface area contributed by atoms with Crippen molar-refractivity contribution in [2.45, 2.75) is 32.2 Å². The zero-order valence-electron chi connectivity index (χ0n) is 10.3. The van der Waals surface area contributed by atoms with Gasteiger partial charge < -0.3 is 10.0 Å². The Kier molecular flexibility index (Phi) is 3.66. The van der Waals surface area contributed by atoms with Gasteiger partial charge in [-0.2, -0.15) is 0 Å². The van der Waals surface area contributed by atoms with Gasteiger partial charge in [-0.1, -0.05) is 0 Å². The number of carboxylic acid groups (broad SMARTS) is 1. The third kappa shape index (κ3) is 2.60. The standard InChI is InChI=1S/C12H20N2O3/c1-9(14-7-10(8-14)12(16)17)11(15)13-5-3-2-4-6-13/h9-10H,2-8H2,1H3,(H,16,17). The van der Waals surface area contributed by atoms with Crippen LogP contribution in [0.1, 0.15) is 26.2 Å². The van der Waals surface area contributed by atoms with Crippen molar-refractivity contribution in [1.29, 1.82) is 0 Å². The number of hydrogen-bond donors (Lipinski definition) is 1. The lowest BCUT2D eigenvalue weighted by Crippen LogP contribution is -2.58. The average molecular weight is 240 g/mol.